The van der Waals surface area contributed by atoms with Crippen molar-refractivity contribution in [1.82, 2.24) is 4.90 Å². The summed E-state index contributed by atoms with van der Waals surface area (Å²) in [5.74, 6) is -1.38. The van der Waals surface area contributed by atoms with E-state index in [9.17, 15) is 14.4 Å². The smallest absolute Gasteiger partial charge is 0.332 e. The van der Waals surface area contributed by atoms with Crippen LogP contribution >= 0.6 is 0 Å². The summed E-state index contributed by atoms with van der Waals surface area (Å²) in [6.45, 7) is 4.69. The number of anilines is 1. The molecule has 1 aromatic rings. The number of rotatable bonds is 4. The Morgan fingerprint density at radius 3 is 2.52 bits per heavy atom. The van der Waals surface area contributed by atoms with Gasteiger partial charge in [-0.2, -0.15) is 0 Å². The van der Waals surface area contributed by atoms with Crippen LogP contribution in [-0.2, 0) is 14.3 Å². The summed E-state index contributed by atoms with van der Waals surface area (Å²) in [6.07, 6.45) is 2.23. The largest absolute Gasteiger partial charge is 0.479 e. The van der Waals surface area contributed by atoms with Gasteiger partial charge in [0.25, 0.3) is 11.8 Å². The average molecular weight is 374 g/mol. The maximum Gasteiger partial charge on any atom is 0.332 e. The Kier molecular flexibility index (Phi) is 5.79. The van der Waals surface area contributed by atoms with Gasteiger partial charge < -0.3 is 20.1 Å². The van der Waals surface area contributed by atoms with Crippen LogP contribution < -0.4 is 5.32 Å². The molecule has 0 spiro atoms. The van der Waals surface area contributed by atoms with Gasteiger partial charge in [-0.15, -0.1) is 0 Å². The number of amides is 2. The maximum atomic E-state index is 12.8. The molecule has 2 saturated heterocycles. The average Bonchev–Trinajstić information content (AvgIpc) is 3.14. The van der Waals surface area contributed by atoms with Crippen molar-refractivity contribution in [1.29, 1.82) is 0 Å². The van der Waals surface area contributed by atoms with Gasteiger partial charge in [-0.1, -0.05) is 0 Å². The Balaban J connectivity index is 1.65. The molecule has 3 rings (SSSR count). The number of hydrogen-bond donors (Lipinski definition) is 2. The highest BCUT2D eigenvalue weighted by molar-refractivity contribution is 5.98. The van der Waals surface area contributed by atoms with E-state index < -0.39 is 18.2 Å². The molecule has 3 atom stereocenters. The van der Waals surface area contributed by atoms with Gasteiger partial charge in [-0.25, -0.2) is 4.79 Å². The predicted molar refractivity (Wildman–Crippen MR) is 99.7 cm³/mol. The summed E-state index contributed by atoms with van der Waals surface area (Å²) in [7, 11) is 0. The van der Waals surface area contributed by atoms with Crippen LogP contribution in [-0.4, -0.2) is 52.6 Å². The third-order valence-corrected chi connectivity index (χ3v) is 5.38. The molecule has 0 bridgehead atoms. The monoisotopic (exact) mass is 374 g/mol. The molecule has 2 heterocycles. The van der Waals surface area contributed by atoms with Crippen LogP contribution in [0.3, 0.4) is 0 Å². The van der Waals surface area contributed by atoms with Gasteiger partial charge in [0.2, 0.25) is 0 Å². The van der Waals surface area contributed by atoms with Crippen LogP contribution in [0.25, 0.3) is 0 Å². The zero-order valence-electron chi connectivity index (χ0n) is 15.7. The quantitative estimate of drug-likeness (QED) is 0.844. The van der Waals surface area contributed by atoms with Crippen LogP contribution in [0.2, 0.25) is 0 Å². The number of nitrogens with zero attached hydrogens (tertiary/aromatic N) is 1. The first kappa shape index (κ1) is 19.4. The lowest BCUT2D eigenvalue weighted by Crippen LogP contribution is -2.42. The second-order valence-corrected chi connectivity index (χ2v) is 7.39. The number of likely N-dealkylation sites (tertiary alicyclic amines) is 1. The molecule has 0 radical (unpaired) electrons. The number of aliphatic carboxylic acids is 1. The number of nitrogens with one attached hydrogen (secondary N) is 1. The molecule has 27 heavy (non-hydrogen) atoms. The standard InChI is InChI=1S/C20H26N2O5/c1-12-11-14(19(24)22-10-4-3-5-13(22)2)6-7-15(12)21-18(23)16-8-9-17(27-16)20(25)26/h6-7,11,13,16-17H,3-5,8-10H2,1-2H3,(H,21,23)(H,25,26)/t13?,16-,17+/m0/s1. The summed E-state index contributed by atoms with van der Waals surface area (Å²) in [5.41, 5.74) is 2.00. The molecule has 7 nitrogen and oxygen atoms in total. The number of hydrogen-bond acceptors (Lipinski definition) is 4. The molecule has 0 aliphatic carbocycles. The first-order valence-electron chi connectivity index (χ1n) is 9.47. The van der Waals surface area contributed by atoms with E-state index in [1.165, 1.54) is 0 Å². The van der Waals surface area contributed by atoms with E-state index in [1.807, 2.05) is 11.8 Å². The molecule has 7 heteroatoms. The summed E-state index contributed by atoms with van der Waals surface area (Å²) in [5, 5.41) is 11.7. The number of piperidine rings is 1. The highest BCUT2D eigenvalue weighted by Gasteiger charge is 2.35. The lowest BCUT2D eigenvalue weighted by atomic mass is 10.0. The second-order valence-electron chi connectivity index (χ2n) is 7.39. The van der Waals surface area contributed by atoms with E-state index in [0.29, 0.717) is 24.1 Å². The minimum absolute atomic E-state index is 0.0200. The Labute approximate surface area is 158 Å². The number of carboxylic acid groups (broad SMARTS) is 1. The highest BCUT2D eigenvalue weighted by atomic mass is 16.5. The van der Waals surface area contributed by atoms with Crippen molar-refractivity contribution < 1.29 is 24.2 Å². The van der Waals surface area contributed by atoms with Crippen molar-refractivity contribution in [2.75, 3.05) is 11.9 Å². The fraction of sp³-hybridized carbons (Fsp3) is 0.550. The number of carbonyl (C=O) groups is 3. The van der Waals surface area contributed by atoms with Gasteiger partial charge in [0.15, 0.2) is 6.10 Å². The van der Waals surface area contributed by atoms with Gasteiger partial charge >= 0.3 is 5.97 Å². The molecule has 1 unspecified atom stereocenters. The first-order valence-corrected chi connectivity index (χ1v) is 9.47. The van der Waals surface area contributed by atoms with Crippen LogP contribution in [0, 0.1) is 6.92 Å². The molecule has 2 fully saturated rings. The lowest BCUT2D eigenvalue weighted by molar-refractivity contribution is -0.150. The number of benzene rings is 1. The van der Waals surface area contributed by atoms with Crippen LogP contribution in [0.1, 0.15) is 54.9 Å². The maximum absolute atomic E-state index is 12.8. The molecular formula is C20H26N2O5. The second kappa shape index (κ2) is 8.08. The van der Waals surface area contributed by atoms with Gasteiger partial charge in [0.05, 0.1) is 0 Å². The Hall–Kier alpha value is -2.41. The molecule has 2 N–H and O–H groups in total. The molecule has 2 aliphatic heterocycles. The molecule has 146 valence electrons. The van der Waals surface area contributed by atoms with E-state index in [-0.39, 0.29) is 17.9 Å². The first-order chi connectivity index (χ1) is 12.9. The van der Waals surface area contributed by atoms with Gasteiger partial charge in [0.1, 0.15) is 6.10 Å². The highest BCUT2D eigenvalue weighted by Crippen LogP contribution is 2.24. The Morgan fingerprint density at radius 1 is 1.15 bits per heavy atom. The van der Waals surface area contributed by atoms with Gasteiger partial charge in [-0.05, 0) is 69.7 Å². The number of carboxylic acids is 1. The van der Waals surface area contributed by atoms with E-state index in [1.54, 1.807) is 18.2 Å². The van der Waals surface area contributed by atoms with Crippen molar-refractivity contribution in [3.63, 3.8) is 0 Å². The zero-order valence-corrected chi connectivity index (χ0v) is 15.7. The number of carbonyl (C=O) groups excluding carboxylic acids is 2. The molecule has 2 amide bonds. The minimum atomic E-state index is -1.05. The van der Waals surface area contributed by atoms with Crippen LogP contribution in [0.5, 0.6) is 0 Å². The predicted octanol–water partition coefficient (Wildman–Crippen LogP) is 2.58. The van der Waals surface area contributed by atoms with Crippen LogP contribution in [0.4, 0.5) is 5.69 Å². The Bertz CT molecular complexity index is 748. The molecule has 2 aliphatic rings. The van der Waals surface area contributed by atoms with Crippen molar-refractivity contribution >= 4 is 23.5 Å². The van der Waals surface area contributed by atoms with E-state index >= 15 is 0 Å². The van der Waals surface area contributed by atoms with E-state index in [0.717, 1.165) is 31.4 Å². The molecule has 0 saturated carbocycles. The third-order valence-electron chi connectivity index (χ3n) is 5.38. The Morgan fingerprint density at radius 2 is 1.89 bits per heavy atom. The van der Waals surface area contributed by atoms with Crippen molar-refractivity contribution in [3.05, 3.63) is 29.3 Å². The summed E-state index contributed by atoms with van der Waals surface area (Å²) in [6, 6.07) is 5.47. The molecule has 1 aromatic carbocycles. The van der Waals surface area contributed by atoms with Gasteiger partial charge in [0, 0.05) is 23.8 Å². The topological polar surface area (TPSA) is 95.9 Å². The van der Waals surface area contributed by atoms with E-state index in [2.05, 4.69) is 12.2 Å². The van der Waals surface area contributed by atoms with E-state index in [4.69, 9.17) is 9.84 Å². The summed E-state index contributed by atoms with van der Waals surface area (Å²) < 4.78 is 5.28. The minimum Gasteiger partial charge on any atom is -0.479 e. The lowest BCUT2D eigenvalue weighted by Gasteiger charge is -2.33. The van der Waals surface area contributed by atoms with Crippen molar-refractivity contribution in [3.8, 4) is 0 Å². The van der Waals surface area contributed by atoms with Crippen molar-refractivity contribution in [2.45, 2.75) is 64.2 Å². The van der Waals surface area contributed by atoms with Gasteiger partial charge in [-0.3, -0.25) is 9.59 Å². The third kappa shape index (κ3) is 4.30. The van der Waals surface area contributed by atoms with Crippen molar-refractivity contribution in [2.24, 2.45) is 0 Å². The number of aryl methyl sites for hydroxylation is 1. The normalized spacial score (nSPS) is 25.3. The molecular weight excluding hydrogens is 348 g/mol. The fourth-order valence-corrected chi connectivity index (χ4v) is 3.73. The van der Waals surface area contributed by atoms with Crippen LogP contribution in [0.15, 0.2) is 18.2 Å². The zero-order chi connectivity index (χ0) is 19.6. The fourth-order valence-electron chi connectivity index (χ4n) is 3.73. The SMILES string of the molecule is Cc1cc(C(=O)N2CCCCC2C)ccc1NC(=O)[C@@H]1CC[C@H](C(=O)O)O1. The number of ether oxygens (including phenoxy) is 1. The molecule has 0 aromatic heterocycles. The summed E-state index contributed by atoms with van der Waals surface area (Å²) >= 11 is 0. The summed E-state index contributed by atoms with van der Waals surface area (Å²) in [4.78, 5) is 38.0.